The fourth-order valence-electron chi connectivity index (χ4n) is 1.24. The molecule has 0 unspecified atom stereocenters. The van der Waals surface area contributed by atoms with Crippen molar-refractivity contribution in [3.05, 3.63) is 33.5 Å². The summed E-state index contributed by atoms with van der Waals surface area (Å²) < 4.78 is 4.68. The van der Waals surface area contributed by atoms with Gasteiger partial charge in [-0.15, -0.1) is 4.91 Å². The van der Waals surface area contributed by atoms with Crippen LogP contribution in [0.3, 0.4) is 0 Å². The smallest absolute Gasteiger partial charge is 0.369 e. The van der Waals surface area contributed by atoms with E-state index in [1.165, 1.54) is 12.1 Å². The molecular formula is C9H5NO5. The summed E-state index contributed by atoms with van der Waals surface area (Å²) in [4.78, 5) is 21.3. The maximum atomic E-state index is 11.1. The normalized spacial score (nSPS) is 10.4. The van der Waals surface area contributed by atoms with E-state index in [1.807, 2.05) is 0 Å². The van der Waals surface area contributed by atoms with Gasteiger partial charge in [0.05, 0.1) is 5.39 Å². The molecule has 0 saturated heterocycles. The molecule has 2 rings (SSSR count). The van der Waals surface area contributed by atoms with Crippen molar-refractivity contribution in [1.29, 1.82) is 0 Å². The topological polar surface area (TPSA) is 100 Å². The van der Waals surface area contributed by atoms with Crippen molar-refractivity contribution in [2.24, 2.45) is 5.18 Å². The Labute approximate surface area is 82.4 Å². The van der Waals surface area contributed by atoms with E-state index in [9.17, 15) is 14.8 Å². The SMILES string of the molecule is O=Nc1c(O)c2ccc(O)cc2oc1=O. The van der Waals surface area contributed by atoms with Crippen molar-refractivity contribution in [2.75, 3.05) is 0 Å². The maximum absolute atomic E-state index is 11.1. The Morgan fingerprint density at radius 3 is 2.67 bits per heavy atom. The van der Waals surface area contributed by atoms with Gasteiger partial charge in [0.2, 0.25) is 5.69 Å². The van der Waals surface area contributed by atoms with Gasteiger partial charge in [-0.3, -0.25) is 0 Å². The molecule has 0 aliphatic rings. The zero-order valence-electron chi connectivity index (χ0n) is 7.30. The molecule has 6 heteroatoms. The molecule has 2 N–H and O–H groups in total. The van der Waals surface area contributed by atoms with Crippen molar-refractivity contribution < 1.29 is 14.6 Å². The van der Waals surface area contributed by atoms with Crippen molar-refractivity contribution in [3.63, 3.8) is 0 Å². The van der Waals surface area contributed by atoms with Crippen LogP contribution in [0, 0.1) is 4.91 Å². The molecule has 1 aromatic carbocycles. The number of fused-ring (bicyclic) bond motifs is 1. The lowest BCUT2D eigenvalue weighted by Crippen LogP contribution is -1.97. The molecule has 0 amide bonds. The molecule has 1 aromatic heterocycles. The standard InChI is InChI=1S/C9H5NO5/c11-4-1-2-5-6(3-4)15-9(13)7(10-14)8(5)12/h1-3,11-12H. The van der Waals surface area contributed by atoms with E-state index in [2.05, 4.69) is 9.59 Å². The average Bonchev–Trinajstić information content (AvgIpc) is 2.17. The van der Waals surface area contributed by atoms with E-state index in [0.717, 1.165) is 6.07 Å². The monoisotopic (exact) mass is 207 g/mol. The Morgan fingerprint density at radius 2 is 2.00 bits per heavy atom. The fourth-order valence-corrected chi connectivity index (χ4v) is 1.24. The Morgan fingerprint density at radius 1 is 1.27 bits per heavy atom. The number of nitrogens with zero attached hydrogens (tertiary/aromatic N) is 1. The Kier molecular flexibility index (Phi) is 1.89. The van der Waals surface area contributed by atoms with Crippen LogP contribution in [-0.4, -0.2) is 10.2 Å². The lowest BCUT2D eigenvalue weighted by molar-refractivity contribution is 0.464. The zero-order chi connectivity index (χ0) is 11.0. The molecule has 0 saturated carbocycles. The van der Waals surface area contributed by atoms with E-state index in [1.54, 1.807) is 0 Å². The van der Waals surface area contributed by atoms with E-state index in [-0.39, 0.29) is 16.7 Å². The molecule has 2 aromatic rings. The highest BCUT2D eigenvalue weighted by Crippen LogP contribution is 2.32. The van der Waals surface area contributed by atoms with Gasteiger partial charge < -0.3 is 14.6 Å². The lowest BCUT2D eigenvalue weighted by Gasteiger charge is -2.00. The largest absolute Gasteiger partial charge is 0.508 e. The summed E-state index contributed by atoms with van der Waals surface area (Å²) in [5, 5.41) is 21.1. The zero-order valence-corrected chi connectivity index (χ0v) is 7.30. The van der Waals surface area contributed by atoms with E-state index < -0.39 is 17.1 Å². The van der Waals surface area contributed by atoms with Crippen molar-refractivity contribution in [1.82, 2.24) is 0 Å². The first-order valence-corrected chi connectivity index (χ1v) is 3.95. The molecule has 15 heavy (non-hydrogen) atoms. The molecule has 0 bridgehead atoms. The van der Waals surface area contributed by atoms with Gasteiger partial charge in [-0.05, 0) is 17.3 Å². The first-order valence-electron chi connectivity index (χ1n) is 3.95. The third-order valence-corrected chi connectivity index (χ3v) is 1.93. The summed E-state index contributed by atoms with van der Waals surface area (Å²) in [6.45, 7) is 0. The van der Waals surface area contributed by atoms with Gasteiger partial charge in [-0.1, -0.05) is 0 Å². The molecule has 0 aliphatic heterocycles. The van der Waals surface area contributed by atoms with Crippen LogP contribution in [0.1, 0.15) is 0 Å². The number of hydrogen-bond donors (Lipinski definition) is 2. The van der Waals surface area contributed by atoms with Crippen LogP contribution in [0.2, 0.25) is 0 Å². The summed E-state index contributed by atoms with van der Waals surface area (Å²) >= 11 is 0. The molecule has 0 atom stereocenters. The van der Waals surface area contributed by atoms with Crippen LogP contribution in [-0.2, 0) is 0 Å². The van der Waals surface area contributed by atoms with Gasteiger partial charge in [0.15, 0.2) is 5.75 Å². The third kappa shape index (κ3) is 1.32. The molecule has 6 nitrogen and oxygen atoms in total. The molecule has 0 spiro atoms. The van der Waals surface area contributed by atoms with Crippen molar-refractivity contribution in [2.45, 2.75) is 0 Å². The van der Waals surface area contributed by atoms with Gasteiger partial charge in [-0.25, -0.2) is 4.79 Å². The summed E-state index contributed by atoms with van der Waals surface area (Å²) in [5.41, 5.74) is -1.72. The molecular weight excluding hydrogens is 202 g/mol. The number of rotatable bonds is 1. The quantitative estimate of drug-likeness (QED) is 0.546. The van der Waals surface area contributed by atoms with E-state index >= 15 is 0 Å². The minimum Gasteiger partial charge on any atom is -0.508 e. The van der Waals surface area contributed by atoms with Gasteiger partial charge in [0, 0.05) is 6.07 Å². The minimum absolute atomic E-state index is 0.00935. The van der Waals surface area contributed by atoms with E-state index in [0.29, 0.717) is 0 Å². The molecule has 0 aliphatic carbocycles. The average molecular weight is 207 g/mol. The minimum atomic E-state index is -1.04. The second-order valence-electron chi connectivity index (χ2n) is 2.86. The molecule has 0 radical (unpaired) electrons. The summed E-state index contributed by atoms with van der Waals surface area (Å²) in [6.07, 6.45) is 0. The number of benzene rings is 1. The number of hydrogen-bond acceptors (Lipinski definition) is 6. The predicted octanol–water partition coefficient (Wildman–Crippen LogP) is 1.60. The van der Waals surface area contributed by atoms with Gasteiger partial charge in [-0.2, -0.15) is 0 Å². The van der Waals surface area contributed by atoms with Gasteiger partial charge in [0.25, 0.3) is 0 Å². The number of nitroso groups, excluding NO2 is 1. The first-order chi connectivity index (χ1) is 7.13. The first kappa shape index (κ1) is 9.20. The second kappa shape index (κ2) is 3.09. The highest BCUT2D eigenvalue weighted by atomic mass is 16.4. The van der Waals surface area contributed by atoms with Crippen molar-refractivity contribution in [3.8, 4) is 11.5 Å². The van der Waals surface area contributed by atoms with E-state index in [4.69, 9.17) is 5.11 Å². The third-order valence-electron chi connectivity index (χ3n) is 1.93. The predicted molar refractivity (Wildman–Crippen MR) is 51.3 cm³/mol. The van der Waals surface area contributed by atoms with Crippen LogP contribution in [0.5, 0.6) is 11.5 Å². The van der Waals surface area contributed by atoms with Crippen LogP contribution < -0.4 is 5.63 Å². The van der Waals surface area contributed by atoms with Gasteiger partial charge in [0.1, 0.15) is 11.3 Å². The van der Waals surface area contributed by atoms with Crippen molar-refractivity contribution >= 4 is 16.7 Å². The molecule has 1 heterocycles. The number of aromatic hydroxyl groups is 2. The Hall–Kier alpha value is -2.37. The molecule has 76 valence electrons. The van der Waals surface area contributed by atoms with Crippen LogP contribution in [0.4, 0.5) is 5.69 Å². The second-order valence-corrected chi connectivity index (χ2v) is 2.86. The Bertz CT molecular complexity index is 601. The fraction of sp³-hybridized carbons (Fsp3) is 0. The maximum Gasteiger partial charge on any atom is 0.369 e. The van der Waals surface area contributed by atoms with Crippen LogP contribution in [0.25, 0.3) is 11.0 Å². The Balaban J connectivity index is 2.97. The number of phenolic OH excluding ortho intramolecular Hbond substituents is 1. The molecule has 0 fully saturated rings. The highest BCUT2D eigenvalue weighted by molar-refractivity contribution is 5.88. The summed E-state index contributed by atoms with van der Waals surface area (Å²) in [6, 6.07) is 3.76. The number of phenols is 1. The highest BCUT2D eigenvalue weighted by Gasteiger charge is 2.14. The lowest BCUT2D eigenvalue weighted by atomic mass is 10.2. The van der Waals surface area contributed by atoms with Crippen LogP contribution in [0.15, 0.2) is 32.6 Å². The summed E-state index contributed by atoms with van der Waals surface area (Å²) in [7, 11) is 0. The van der Waals surface area contributed by atoms with Crippen LogP contribution >= 0.6 is 0 Å². The summed E-state index contributed by atoms with van der Waals surface area (Å²) in [5.74, 6) is -0.659. The van der Waals surface area contributed by atoms with Gasteiger partial charge >= 0.3 is 5.63 Å².